The van der Waals surface area contributed by atoms with Gasteiger partial charge in [-0.15, -0.1) is 0 Å². The van der Waals surface area contributed by atoms with Gasteiger partial charge in [0.05, 0.1) is 25.3 Å². The van der Waals surface area contributed by atoms with E-state index in [1.54, 1.807) is 13.8 Å². The molecule has 0 saturated carbocycles. The normalized spacial score (nSPS) is 19.4. The highest BCUT2D eigenvalue weighted by molar-refractivity contribution is 6.31. The number of aliphatic imine (C=N–C) groups is 1. The van der Waals surface area contributed by atoms with Gasteiger partial charge in [-0.1, -0.05) is 29.8 Å². The van der Waals surface area contributed by atoms with Crippen LogP contribution in [0.25, 0.3) is 10.9 Å². The Morgan fingerprint density at radius 2 is 1.82 bits per heavy atom. The number of esters is 2. The van der Waals surface area contributed by atoms with Crippen LogP contribution in [0.3, 0.4) is 0 Å². The summed E-state index contributed by atoms with van der Waals surface area (Å²) in [6.45, 7) is 5.39. The fourth-order valence-electron chi connectivity index (χ4n) is 3.74. The maximum Gasteiger partial charge on any atom is 0.336 e. The summed E-state index contributed by atoms with van der Waals surface area (Å²) in [6, 6.07) is 7.65. The largest absolute Gasteiger partial charge is 0.468 e. The van der Waals surface area contributed by atoms with E-state index in [2.05, 4.69) is 9.98 Å². The number of methoxy groups -OCH3 is 2. The molecular weight excluding hydrogens is 380 g/mol. The lowest BCUT2D eigenvalue weighted by Crippen LogP contribution is -2.36. The summed E-state index contributed by atoms with van der Waals surface area (Å²) in [6.07, 6.45) is 0. The van der Waals surface area contributed by atoms with Gasteiger partial charge in [0.1, 0.15) is 11.1 Å². The minimum atomic E-state index is -0.802. The van der Waals surface area contributed by atoms with Crippen LogP contribution in [0.15, 0.2) is 40.5 Å². The monoisotopic (exact) mass is 400 g/mol. The number of rotatable bonds is 3. The first-order valence-electron chi connectivity index (χ1n) is 8.78. The number of allylic oxidation sites excluding steroid dienone is 1. The van der Waals surface area contributed by atoms with Gasteiger partial charge in [-0.25, -0.2) is 9.78 Å². The minimum absolute atomic E-state index is 0.226. The van der Waals surface area contributed by atoms with Crippen molar-refractivity contribution in [2.45, 2.75) is 26.7 Å². The fraction of sp³-hybridized carbons (Fsp3) is 0.333. The summed E-state index contributed by atoms with van der Waals surface area (Å²) < 4.78 is 9.97. The number of para-hydroxylation sites is 1. The van der Waals surface area contributed by atoms with Crippen molar-refractivity contribution in [2.75, 3.05) is 14.2 Å². The molecule has 0 aliphatic carbocycles. The molecule has 146 valence electrons. The van der Waals surface area contributed by atoms with Gasteiger partial charge >= 0.3 is 11.9 Å². The second kappa shape index (κ2) is 7.72. The first-order chi connectivity index (χ1) is 13.3. The van der Waals surface area contributed by atoms with E-state index in [1.165, 1.54) is 14.2 Å². The Bertz CT molecular complexity index is 1040. The third-order valence-electron chi connectivity index (χ3n) is 5.05. The minimum Gasteiger partial charge on any atom is -0.468 e. The fourth-order valence-corrected chi connectivity index (χ4v) is 4.00. The molecule has 0 amide bonds. The first-order valence-corrected chi connectivity index (χ1v) is 9.15. The van der Waals surface area contributed by atoms with Gasteiger partial charge in [-0.3, -0.25) is 9.79 Å². The van der Waals surface area contributed by atoms with Crippen LogP contribution in [0.4, 0.5) is 0 Å². The van der Waals surface area contributed by atoms with Gasteiger partial charge in [0.2, 0.25) is 0 Å². The van der Waals surface area contributed by atoms with E-state index in [9.17, 15) is 9.59 Å². The van der Waals surface area contributed by atoms with Gasteiger partial charge in [0, 0.05) is 22.7 Å². The average Bonchev–Trinajstić information content (AvgIpc) is 2.66. The van der Waals surface area contributed by atoms with Crippen LogP contribution in [-0.2, 0) is 19.1 Å². The quantitative estimate of drug-likeness (QED) is 0.575. The first kappa shape index (κ1) is 20.0. The van der Waals surface area contributed by atoms with Crippen LogP contribution < -0.4 is 0 Å². The van der Waals surface area contributed by atoms with Crippen molar-refractivity contribution in [1.29, 1.82) is 0 Å². The van der Waals surface area contributed by atoms with E-state index in [0.717, 1.165) is 16.5 Å². The molecule has 2 aromatic rings. The molecule has 28 heavy (non-hydrogen) atoms. The summed E-state index contributed by atoms with van der Waals surface area (Å²) >= 11 is 6.55. The number of carbonyl (C=O) groups excluding carboxylic acids is 2. The third-order valence-corrected chi connectivity index (χ3v) is 5.35. The van der Waals surface area contributed by atoms with Crippen molar-refractivity contribution in [3.05, 3.63) is 51.8 Å². The van der Waals surface area contributed by atoms with Crippen LogP contribution in [0.5, 0.6) is 0 Å². The van der Waals surface area contributed by atoms with Crippen LogP contribution in [-0.4, -0.2) is 36.9 Å². The molecule has 1 aromatic carbocycles. The number of fused-ring (bicyclic) bond motifs is 1. The number of aromatic nitrogens is 1. The highest BCUT2D eigenvalue weighted by atomic mass is 35.5. The second-order valence-corrected chi connectivity index (χ2v) is 7.10. The van der Waals surface area contributed by atoms with E-state index in [0.29, 0.717) is 17.0 Å². The third kappa shape index (κ3) is 3.29. The van der Waals surface area contributed by atoms with Crippen molar-refractivity contribution in [1.82, 2.24) is 4.98 Å². The Morgan fingerprint density at radius 3 is 2.46 bits per heavy atom. The Balaban J connectivity index is 2.31. The molecule has 1 unspecified atom stereocenters. The van der Waals surface area contributed by atoms with E-state index in [1.807, 2.05) is 31.2 Å². The topological polar surface area (TPSA) is 77.8 Å². The van der Waals surface area contributed by atoms with E-state index < -0.39 is 23.8 Å². The molecule has 0 N–H and O–H groups in total. The lowest BCUT2D eigenvalue weighted by atomic mass is 9.76. The van der Waals surface area contributed by atoms with Gasteiger partial charge in [-0.2, -0.15) is 0 Å². The number of pyridine rings is 1. The van der Waals surface area contributed by atoms with E-state index in [-0.39, 0.29) is 10.7 Å². The molecule has 2 atom stereocenters. The van der Waals surface area contributed by atoms with Gasteiger partial charge < -0.3 is 9.47 Å². The predicted molar refractivity (Wildman–Crippen MR) is 108 cm³/mol. The Labute approximate surface area is 168 Å². The van der Waals surface area contributed by atoms with Crippen molar-refractivity contribution in [3.8, 4) is 0 Å². The smallest absolute Gasteiger partial charge is 0.336 e. The SMILES string of the molecule is COC(=O)C1=C(C)N=C(C)C(C(=O)OC)[C@H]1c1cc2cccc(C)c2nc1Cl. The maximum absolute atomic E-state index is 12.6. The standard InChI is InChI=1S/C21H21ClN2O4/c1-10-7-6-8-13-9-14(19(22)24-18(10)13)17-15(20(25)27-4)11(2)23-12(3)16(17)21(26)28-5/h6-9,15,17H,1-5H3/t15?,17-/m1/s1. The number of hydrogen-bond donors (Lipinski definition) is 0. The Kier molecular flexibility index (Phi) is 5.52. The van der Waals surface area contributed by atoms with Crippen LogP contribution in [0.1, 0.15) is 30.9 Å². The molecule has 0 saturated heterocycles. The number of nitrogens with zero attached hydrogens (tertiary/aromatic N) is 2. The number of benzene rings is 1. The summed E-state index contributed by atoms with van der Waals surface area (Å²) in [5, 5.41) is 1.09. The molecule has 2 heterocycles. The molecule has 7 heteroatoms. The second-order valence-electron chi connectivity index (χ2n) is 6.74. The van der Waals surface area contributed by atoms with Crippen molar-refractivity contribution >= 4 is 40.2 Å². The molecule has 1 aliphatic heterocycles. The van der Waals surface area contributed by atoms with Crippen molar-refractivity contribution in [3.63, 3.8) is 0 Å². The molecule has 3 rings (SSSR count). The number of carbonyl (C=O) groups is 2. The maximum atomic E-state index is 12.6. The number of hydrogen-bond acceptors (Lipinski definition) is 6. The molecule has 1 aliphatic rings. The van der Waals surface area contributed by atoms with Crippen LogP contribution >= 0.6 is 11.6 Å². The van der Waals surface area contributed by atoms with Gasteiger partial charge in [-0.05, 0) is 38.0 Å². The lowest BCUT2D eigenvalue weighted by molar-refractivity contribution is -0.143. The summed E-state index contributed by atoms with van der Waals surface area (Å²) in [5.41, 5.74) is 3.62. The van der Waals surface area contributed by atoms with Gasteiger partial charge in [0.15, 0.2) is 0 Å². The lowest BCUT2D eigenvalue weighted by Gasteiger charge is -2.31. The van der Waals surface area contributed by atoms with Crippen molar-refractivity contribution < 1.29 is 19.1 Å². The highest BCUT2D eigenvalue weighted by Gasteiger charge is 2.43. The molecule has 6 nitrogen and oxygen atoms in total. The molecule has 0 bridgehead atoms. The molecule has 1 aromatic heterocycles. The summed E-state index contributed by atoms with van der Waals surface area (Å²) in [5.74, 6) is -2.57. The van der Waals surface area contributed by atoms with Crippen LogP contribution in [0.2, 0.25) is 5.15 Å². The zero-order valence-corrected chi connectivity index (χ0v) is 17.1. The number of aryl methyl sites for hydroxylation is 1. The highest BCUT2D eigenvalue weighted by Crippen LogP contribution is 2.43. The molecule has 0 radical (unpaired) electrons. The zero-order chi connectivity index (χ0) is 20.6. The van der Waals surface area contributed by atoms with Crippen LogP contribution in [0, 0.1) is 12.8 Å². The summed E-state index contributed by atoms with van der Waals surface area (Å²) in [4.78, 5) is 34.1. The number of halogens is 1. The van der Waals surface area contributed by atoms with Crippen molar-refractivity contribution in [2.24, 2.45) is 10.9 Å². The average molecular weight is 401 g/mol. The zero-order valence-electron chi connectivity index (χ0n) is 16.4. The predicted octanol–water partition coefficient (Wildman–Crippen LogP) is 3.99. The Morgan fingerprint density at radius 1 is 1.11 bits per heavy atom. The number of ether oxygens (including phenoxy) is 2. The molecule has 0 spiro atoms. The van der Waals surface area contributed by atoms with Gasteiger partial charge in [0.25, 0.3) is 0 Å². The Hall–Kier alpha value is -2.73. The molecular formula is C21H21ClN2O4. The summed E-state index contributed by atoms with van der Waals surface area (Å²) in [7, 11) is 2.60. The van der Waals surface area contributed by atoms with E-state index in [4.69, 9.17) is 21.1 Å². The van der Waals surface area contributed by atoms with E-state index >= 15 is 0 Å². The molecule has 0 fully saturated rings.